The number of quaternary nitrogens is 1. The Morgan fingerprint density at radius 3 is 2.31 bits per heavy atom. The number of rotatable bonds is 8. The van der Waals surface area contributed by atoms with Crippen LogP contribution in [0.4, 0.5) is 0 Å². The van der Waals surface area contributed by atoms with Crippen LogP contribution < -0.4 is 24.4 Å². The average molecular weight is 363 g/mol. The first-order valence-electron chi connectivity index (χ1n) is 9.23. The Kier molecular flexibility index (Phi) is 7.78. The van der Waals surface area contributed by atoms with Crippen molar-refractivity contribution in [2.75, 3.05) is 41.0 Å². The Morgan fingerprint density at radius 1 is 1.12 bits per heavy atom. The second kappa shape index (κ2) is 10.1. The molecule has 0 spiro atoms. The summed E-state index contributed by atoms with van der Waals surface area (Å²) in [7, 11) is 4.75. The molecular weight excluding hydrogens is 332 g/mol. The zero-order valence-electron chi connectivity index (χ0n) is 16.3. The van der Waals surface area contributed by atoms with E-state index in [0.29, 0.717) is 17.2 Å². The third-order valence-corrected chi connectivity index (χ3v) is 4.79. The van der Waals surface area contributed by atoms with Crippen LogP contribution in [0.1, 0.15) is 31.7 Å². The highest BCUT2D eigenvalue weighted by Crippen LogP contribution is 2.35. The molecule has 0 aromatic heterocycles. The molecule has 1 aliphatic heterocycles. The molecule has 0 aliphatic carbocycles. The Hall–Kier alpha value is -2.21. The lowest BCUT2D eigenvalue weighted by atomic mass is 10.0. The van der Waals surface area contributed by atoms with Gasteiger partial charge in [0.05, 0.1) is 41.0 Å². The monoisotopic (exact) mass is 363 g/mol. The minimum Gasteiger partial charge on any atom is -0.496 e. The number of hydrogen-bond donors (Lipinski definition) is 2. The summed E-state index contributed by atoms with van der Waals surface area (Å²) in [6, 6.07) is 3.82. The SMILES string of the molecule is CCC[NH+]1CCC(NC(=O)/C=C/c2cc(OC)c(OC)cc2OC)CC1. The molecule has 144 valence electrons. The van der Waals surface area contributed by atoms with Gasteiger partial charge in [0.2, 0.25) is 5.91 Å². The van der Waals surface area contributed by atoms with E-state index in [1.165, 1.54) is 13.0 Å². The van der Waals surface area contributed by atoms with Crippen LogP contribution in [0.5, 0.6) is 17.2 Å². The lowest BCUT2D eigenvalue weighted by Crippen LogP contribution is -3.13. The van der Waals surface area contributed by atoms with Gasteiger partial charge in [-0.15, -0.1) is 0 Å². The minimum atomic E-state index is -0.0780. The van der Waals surface area contributed by atoms with Gasteiger partial charge in [-0.2, -0.15) is 0 Å². The van der Waals surface area contributed by atoms with E-state index in [1.807, 2.05) is 0 Å². The van der Waals surface area contributed by atoms with E-state index >= 15 is 0 Å². The van der Waals surface area contributed by atoms with Crippen molar-refractivity contribution in [1.82, 2.24) is 5.32 Å². The van der Waals surface area contributed by atoms with Crippen molar-refractivity contribution >= 4 is 12.0 Å². The van der Waals surface area contributed by atoms with E-state index in [4.69, 9.17) is 14.2 Å². The summed E-state index contributed by atoms with van der Waals surface area (Å²) in [6.45, 7) is 5.70. The highest BCUT2D eigenvalue weighted by Gasteiger charge is 2.22. The Bertz CT molecular complexity index is 622. The van der Waals surface area contributed by atoms with Crippen molar-refractivity contribution in [1.29, 1.82) is 0 Å². The zero-order chi connectivity index (χ0) is 18.9. The molecule has 6 heteroatoms. The maximum absolute atomic E-state index is 12.3. The van der Waals surface area contributed by atoms with Gasteiger partial charge in [0.1, 0.15) is 5.75 Å². The van der Waals surface area contributed by atoms with Crippen LogP contribution in [-0.2, 0) is 4.79 Å². The van der Waals surface area contributed by atoms with Crippen LogP contribution >= 0.6 is 0 Å². The molecule has 1 aromatic rings. The topological polar surface area (TPSA) is 61.2 Å². The molecule has 26 heavy (non-hydrogen) atoms. The highest BCUT2D eigenvalue weighted by atomic mass is 16.5. The van der Waals surface area contributed by atoms with Gasteiger partial charge in [-0.05, 0) is 18.6 Å². The second-order valence-corrected chi connectivity index (χ2v) is 6.57. The second-order valence-electron chi connectivity index (χ2n) is 6.57. The first kappa shape index (κ1) is 20.1. The largest absolute Gasteiger partial charge is 0.496 e. The number of nitrogens with one attached hydrogen (secondary N) is 2. The van der Waals surface area contributed by atoms with E-state index in [9.17, 15) is 4.79 Å². The first-order valence-corrected chi connectivity index (χ1v) is 9.23. The third kappa shape index (κ3) is 5.39. The van der Waals surface area contributed by atoms with E-state index in [2.05, 4.69) is 12.2 Å². The minimum absolute atomic E-state index is 0.0780. The van der Waals surface area contributed by atoms with Gasteiger partial charge >= 0.3 is 0 Å². The molecule has 0 unspecified atom stereocenters. The van der Waals surface area contributed by atoms with Gasteiger partial charge in [0.25, 0.3) is 0 Å². The molecule has 1 aliphatic rings. The van der Waals surface area contributed by atoms with Crippen LogP contribution in [0.2, 0.25) is 0 Å². The summed E-state index contributed by atoms with van der Waals surface area (Å²) >= 11 is 0. The molecule has 1 saturated heterocycles. The van der Waals surface area contributed by atoms with Crippen LogP contribution in [0.15, 0.2) is 18.2 Å². The van der Waals surface area contributed by atoms with Crippen LogP contribution in [0.3, 0.4) is 0 Å². The average Bonchev–Trinajstić information content (AvgIpc) is 2.67. The molecule has 1 aromatic carbocycles. The number of ether oxygens (including phenoxy) is 3. The summed E-state index contributed by atoms with van der Waals surface area (Å²) in [5.74, 6) is 1.74. The predicted molar refractivity (Wildman–Crippen MR) is 102 cm³/mol. The van der Waals surface area contributed by atoms with Crippen molar-refractivity contribution in [2.24, 2.45) is 0 Å². The fraction of sp³-hybridized carbons (Fsp3) is 0.550. The summed E-state index contributed by atoms with van der Waals surface area (Å²) in [5.41, 5.74) is 0.766. The molecule has 0 saturated carbocycles. The standard InChI is InChI=1S/C20H30N2O4/c1-5-10-22-11-8-16(9-12-22)21-20(23)7-6-15-13-18(25-3)19(26-4)14-17(15)24-2/h6-7,13-14,16H,5,8-12H2,1-4H3,(H,21,23)/p+1/b7-6+. The quantitative estimate of drug-likeness (QED) is 0.684. The van der Waals surface area contributed by atoms with Gasteiger partial charge < -0.3 is 24.4 Å². The molecule has 0 atom stereocenters. The van der Waals surface area contributed by atoms with E-state index in [0.717, 1.165) is 31.5 Å². The van der Waals surface area contributed by atoms with Crippen LogP contribution in [-0.4, -0.2) is 52.9 Å². The molecule has 6 nitrogen and oxygen atoms in total. The molecule has 0 bridgehead atoms. The van der Waals surface area contributed by atoms with Gasteiger partial charge in [-0.1, -0.05) is 6.92 Å². The lowest BCUT2D eigenvalue weighted by Gasteiger charge is -2.29. The molecular formula is C20H31N2O4+. The summed E-state index contributed by atoms with van der Waals surface area (Å²) < 4.78 is 16.0. The van der Waals surface area contributed by atoms with Crippen molar-refractivity contribution in [2.45, 2.75) is 32.2 Å². The van der Waals surface area contributed by atoms with Crippen molar-refractivity contribution < 1.29 is 23.9 Å². The summed E-state index contributed by atoms with van der Waals surface area (Å²) in [6.07, 6.45) is 6.58. The van der Waals surface area contributed by atoms with Gasteiger partial charge in [-0.25, -0.2) is 0 Å². The Labute approximate surface area is 156 Å². The number of benzene rings is 1. The Morgan fingerprint density at radius 2 is 1.73 bits per heavy atom. The number of hydrogen-bond acceptors (Lipinski definition) is 4. The maximum atomic E-state index is 12.3. The van der Waals surface area contributed by atoms with Gasteiger partial charge in [0, 0.05) is 36.6 Å². The van der Waals surface area contributed by atoms with Crippen molar-refractivity contribution in [3.8, 4) is 17.2 Å². The lowest BCUT2D eigenvalue weighted by molar-refractivity contribution is -0.905. The maximum Gasteiger partial charge on any atom is 0.244 e. The number of amides is 1. The molecule has 0 radical (unpaired) electrons. The first-order chi connectivity index (χ1) is 12.6. The molecule has 1 heterocycles. The zero-order valence-corrected chi connectivity index (χ0v) is 16.3. The summed E-state index contributed by atoms with van der Waals surface area (Å²) in [4.78, 5) is 13.9. The number of carbonyl (C=O) groups is 1. The number of carbonyl (C=O) groups excluding carboxylic acids is 1. The van der Waals surface area contributed by atoms with Crippen LogP contribution in [0.25, 0.3) is 6.08 Å². The third-order valence-electron chi connectivity index (χ3n) is 4.79. The fourth-order valence-electron chi connectivity index (χ4n) is 3.37. The van der Waals surface area contributed by atoms with Gasteiger partial charge in [0.15, 0.2) is 11.5 Å². The smallest absolute Gasteiger partial charge is 0.244 e. The fourth-order valence-corrected chi connectivity index (χ4v) is 3.37. The predicted octanol–water partition coefficient (Wildman–Crippen LogP) is 1.30. The number of likely N-dealkylation sites (tertiary alicyclic amines) is 1. The Balaban J connectivity index is 1.97. The highest BCUT2D eigenvalue weighted by molar-refractivity contribution is 5.92. The van der Waals surface area contributed by atoms with E-state index in [-0.39, 0.29) is 11.9 Å². The number of piperidine rings is 1. The van der Waals surface area contributed by atoms with E-state index in [1.54, 1.807) is 50.5 Å². The van der Waals surface area contributed by atoms with Gasteiger partial charge in [-0.3, -0.25) is 4.79 Å². The molecule has 1 fully saturated rings. The van der Waals surface area contributed by atoms with Crippen molar-refractivity contribution in [3.05, 3.63) is 23.8 Å². The van der Waals surface area contributed by atoms with E-state index < -0.39 is 0 Å². The normalized spacial score (nSPS) is 20.0. The summed E-state index contributed by atoms with van der Waals surface area (Å²) in [5, 5.41) is 3.10. The molecule has 2 rings (SSSR count). The number of methoxy groups -OCH3 is 3. The van der Waals surface area contributed by atoms with Crippen LogP contribution in [0, 0.1) is 0 Å². The molecule has 2 N–H and O–H groups in total. The van der Waals surface area contributed by atoms with Crippen molar-refractivity contribution in [3.63, 3.8) is 0 Å². The molecule has 1 amide bonds.